The third-order valence-electron chi connectivity index (χ3n) is 2.05. The molecule has 0 aliphatic rings. The third kappa shape index (κ3) is 6.76. The molecule has 0 aromatic heterocycles. The van der Waals surface area contributed by atoms with Gasteiger partial charge in [0.15, 0.2) is 0 Å². The van der Waals surface area contributed by atoms with Crippen molar-refractivity contribution in [2.75, 3.05) is 6.26 Å². The van der Waals surface area contributed by atoms with Gasteiger partial charge in [-0.15, -0.1) is 0 Å². The lowest BCUT2D eigenvalue weighted by Gasteiger charge is -2.27. The van der Waals surface area contributed by atoms with Crippen LogP contribution in [0.1, 0.15) is 27.2 Å². The minimum absolute atomic E-state index is 0.314. The summed E-state index contributed by atoms with van der Waals surface area (Å²) < 4.78 is 26.9. The summed E-state index contributed by atoms with van der Waals surface area (Å²) in [4.78, 5) is 0. The molecule has 0 spiro atoms. The summed E-state index contributed by atoms with van der Waals surface area (Å²) in [5, 5.41) is 9.78. The number of allylic oxidation sites excluding steroid dienone is 2. The van der Waals surface area contributed by atoms with Crippen molar-refractivity contribution < 1.29 is 17.7 Å². The molecule has 0 amide bonds. The molecule has 0 bridgehead atoms. The van der Waals surface area contributed by atoms with Crippen molar-refractivity contribution >= 4 is 10.1 Å². The second-order valence-corrected chi connectivity index (χ2v) is 5.93. The van der Waals surface area contributed by atoms with Gasteiger partial charge in [0.2, 0.25) is 0 Å². The number of rotatable bonds is 6. The summed E-state index contributed by atoms with van der Waals surface area (Å²) in [6.45, 7) is 8.46. The van der Waals surface area contributed by atoms with Crippen LogP contribution in [0.25, 0.3) is 0 Å². The zero-order valence-electron chi connectivity index (χ0n) is 10.2. The molecule has 0 aliphatic carbocycles. The SMILES string of the molecule is C=C/C(C)=C/C[C@@H](OS(C)(=O)=O)C(C)(C)O. The van der Waals surface area contributed by atoms with Crippen LogP contribution in [0.3, 0.4) is 0 Å². The molecule has 0 aromatic carbocycles. The lowest BCUT2D eigenvalue weighted by Crippen LogP contribution is -2.39. The second-order valence-electron chi connectivity index (χ2n) is 4.33. The normalized spacial score (nSPS) is 15.9. The Bertz CT molecular complexity index is 360. The monoisotopic (exact) mass is 248 g/mol. The number of aliphatic hydroxyl groups is 1. The fourth-order valence-electron chi connectivity index (χ4n) is 1.03. The van der Waals surface area contributed by atoms with E-state index in [1.165, 1.54) is 13.8 Å². The minimum atomic E-state index is -3.58. The van der Waals surface area contributed by atoms with Crippen molar-refractivity contribution in [2.24, 2.45) is 0 Å². The standard InChI is InChI=1S/C11H20O4S/c1-6-9(2)7-8-10(11(3,4)12)15-16(5,13)14/h6-7,10,12H,1,8H2,2-5H3/b9-7+/t10-/m1/s1. The summed E-state index contributed by atoms with van der Waals surface area (Å²) >= 11 is 0. The highest BCUT2D eigenvalue weighted by atomic mass is 32.2. The summed E-state index contributed by atoms with van der Waals surface area (Å²) in [5.74, 6) is 0. The average molecular weight is 248 g/mol. The Morgan fingerprint density at radius 3 is 2.38 bits per heavy atom. The van der Waals surface area contributed by atoms with E-state index >= 15 is 0 Å². The molecule has 0 unspecified atom stereocenters. The van der Waals surface area contributed by atoms with Crippen LogP contribution in [-0.2, 0) is 14.3 Å². The van der Waals surface area contributed by atoms with Crippen LogP contribution in [0.5, 0.6) is 0 Å². The predicted octanol–water partition coefficient (Wildman–Crippen LogP) is 1.62. The van der Waals surface area contributed by atoms with Gasteiger partial charge in [-0.1, -0.05) is 24.3 Å². The van der Waals surface area contributed by atoms with Crippen molar-refractivity contribution in [1.82, 2.24) is 0 Å². The molecule has 0 aliphatic heterocycles. The van der Waals surface area contributed by atoms with Gasteiger partial charge in [-0.05, 0) is 27.2 Å². The van der Waals surface area contributed by atoms with E-state index in [9.17, 15) is 13.5 Å². The van der Waals surface area contributed by atoms with Crippen LogP contribution in [0.15, 0.2) is 24.3 Å². The van der Waals surface area contributed by atoms with Gasteiger partial charge in [0.1, 0.15) is 6.10 Å². The van der Waals surface area contributed by atoms with Crippen molar-refractivity contribution in [3.05, 3.63) is 24.3 Å². The maximum atomic E-state index is 11.0. The Hall–Kier alpha value is -0.650. The molecular formula is C11H20O4S. The number of hydrogen-bond acceptors (Lipinski definition) is 4. The highest BCUT2D eigenvalue weighted by molar-refractivity contribution is 7.86. The van der Waals surface area contributed by atoms with Gasteiger partial charge in [0.25, 0.3) is 10.1 Å². The summed E-state index contributed by atoms with van der Waals surface area (Å²) in [7, 11) is -3.58. The molecular weight excluding hydrogens is 228 g/mol. The average Bonchev–Trinajstić information content (AvgIpc) is 2.08. The molecule has 0 rings (SSSR count). The van der Waals surface area contributed by atoms with Crippen LogP contribution in [0, 0.1) is 0 Å². The van der Waals surface area contributed by atoms with E-state index < -0.39 is 21.8 Å². The van der Waals surface area contributed by atoms with E-state index in [2.05, 4.69) is 6.58 Å². The van der Waals surface area contributed by atoms with Gasteiger partial charge < -0.3 is 5.11 Å². The Morgan fingerprint density at radius 2 is 2.06 bits per heavy atom. The molecule has 1 atom stereocenters. The highest BCUT2D eigenvalue weighted by Crippen LogP contribution is 2.19. The molecule has 1 N–H and O–H groups in total. The van der Waals surface area contributed by atoms with Gasteiger partial charge in [-0.25, -0.2) is 0 Å². The zero-order chi connectivity index (χ0) is 13.0. The Labute approximate surface area is 97.8 Å². The van der Waals surface area contributed by atoms with Crippen molar-refractivity contribution in [3.8, 4) is 0 Å². The maximum Gasteiger partial charge on any atom is 0.264 e. The van der Waals surface area contributed by atoms with Crippen LogP contribution in [0.4, 0.5) is 0 Å². The van der Waals surface area contributed by atoms with E-state index in [-0.39, 0.29) is 0 Å². The lowest BCUT2D eigenvalue weighted by molar-refractivity contribution is -0.0286. The molecule has 94 valence electrons. The van der Waals surface area contributed by atoms with Gasteiger partial charge in [0, 0.05) is 0 Å². The first-order valence-corrected chi connectivity index (χ1v) is 6.77. The van der Waals surface area contributed by atoms with Crippen LogP contribution in [0.2, 0.25) is 0 Å². The van der Waals surface area contributed by atoms with Crippen LogP contribution < -0.4 is 0 Å². The van der Waals surface area contributed by atoms with Gasteiger partial charge in [0.05, 0.1) is 11.9 Å². The maximum absolute atomic E-state index is 11.0. The van der Waals surface area contributed by atoms with E-state index in [0.29, 0.717) is 6.42 Å². The molecule has 0 saturated heterocycles. The van der Waals surface area contributed by atoms with E-state index in [1.54, 1.807) is 12.2 Å². The first-order chi connectivity index (χ1) is 7.06. The molecule has 0 saturated carbocycles. The van der Waals surface area contributed by atoms with Gasteiger partial charge >= 0.3 is 0 Å². The van der Waals surface area contributed by atoms with Crippen molar-refractivity contribution in [1.29, 1.82) is 0 Å². The van der Waals surface area contributed by atoms with Crippen LogP contribution >= 0.6 is 0 Å². The molecule has 0 radical (unpaired) electrons. The minimum Gasteiger partial charge on any atom is -0.388 e. The molecule has 5 heteroatoms. The van der Waals surface area contributed by atoms with E-state index in [0.717, 1.165) is 11.8 Å². The molecule has 0 fully saturated rings. The number of hydrogen-bond donors (Lipinski definition) is 1. The first kappa shape index (κ1) is 15.3. The Kier molecular flexibility index (Phi) is 5.38. The Balaban J connectivity index is 4.78. The molecule has 16 heavy (non-hydrogen) atoms. The lowest BCUT2D eigenvalue weighted by atomic mass is 9.98. The molecule has 4 nitrogen and oxygen atoms in total. The summed E-state index contributed by atoms with van der Waals surface area (Å²) in [6.07, 6.45) is 3.92. The van der Waals surface area contributed by atoms with Gasteiger partial charge in [-0.2, -0.15) is 8.42 Å². The van der Waals surface area contributed by atoms with Crippen molar-refractivity contribution in [2.45, 2.75) is 38.9 Å². The summed E-state index contributed by atoms with van der Waals surface area (Å²) in [6, 6.07) is 0. The fourth-order valence-corrected chi connectivity index (χ4v) is 1.77. The van der Waals surface area contributed by atoms with Crippen LogP contribution in [-0.4, -0.2) is 31.5 Å². The van der Waals surface area contributed by atoms with E-state index in [1.807, 2.05) is 6.92 Å². The largest absolute Gasteiger partial charge is 0.388 e. The Morgan fingerprint density at radius 1 is 1.56 bits per heavy atom. The van der Waals surface area contributed by atoms with E-state index in [4.69, 9.17) is 4.18 Å². The molecule has 0 heterocycles. The highest BCUT2D eigenvalue weighted by Gasteiger charge is 2.29. The first-order valence-electron chi connectivity index (χ1n) is 4.96. The third-order valence-corrected chi connectivity index (χ3v) is 2.64. The topological polar surface area (TPSA) is 63.6 Å². The van der Waals surface area contributed by atoms with Crippen molar-refractivity contribution in [3.63, 3.8) is 0 Å². The smallest absolute Gasteiger partial charge is 0.264 e. The zero-order valence-corrected chi connectivity index (χ0v) is 11.0. The fraction of sp³-hybridized carbons (Fsp3) is 0.636. The quantitative estimate of drug-likeness (QED) is 0.573. The predicted molar refractivity (Wildman–Crippen MR) is 64.6 cm³/mol. The molecule has 0 aromatic rings. The van der Waals surface area contributed by atoms with Gasteiger partial charge in [-0.3, -0.25) is 4.18 Å². The summed E-state index contributed by atoms with van der Waals surface area (Å²) in [5.41, 5.74) is -0.313. The second kappa shape index (κ2) is 5.61.